The standard InChI is InChI=1S/C18H6B4N2O/c19-12-13(20)15(24-18(22)14(12)21)11-6-2-5-10-9-4-1-3-8(7-23)16(9)25-17(10)11/h1-6H. The predicted octanol–water partition coefficient (Wildman–Crippen LogP) is -0.305. The first kappa shape index (κ1) is 15.7. The Labute approximate surface area is 149 Å². The normalized spacial score (nSPS) is 11.0. The molecule has 2 heterocycles. The molecule has 0 amide bonds. The maximum atomic E-state index is 9.31. The Kier molecular flexibility index (Phi) is 3.50. The highest BCUT2D eigenvalue weighted by Crippen LogP contribution is 2.35. The molecule has 0 aliphatic heterocycles. The van der Waals surface area contributed by atoms with Crippen LogP contribution in [0.2, 0.25) is 0 Å². The molecule has 25 heavy (non-hydrogen) atoms. The van der Waals surface area contributed by atoms with Gasteiger partial charge in [-0.25, -0.2) is 0 Å². The number of hydrogen-bond acceptors (Lipinski definition) is 3. The lowest BCUT2D eigenvalue weighted by atomic mass is 9.68. The number of fused-ring (bicyclic) bond motifs is 3. The first-order valence-electron chi connectivity index (χ1n) is 7.47. The van der Waals surface area contributed by atoms with Gasteiger partial charge in [0.15, 0.2) is 5.58 Å². The third-order valence-electron chi connectivity index (χ3n) is 4.24. The molecule has 0 aliphatic rings. The van der Waals surface area contributed by atoms with Crippen molar-refractivity contribution < 1.29 is 4.42 Å². The Bertz CT molecular complexity index is 1210. The molecule has 4 aromatic rings. The molecule has 0 unspecified atom stereocenters. The van der Waals surface area contributed by atoms with Crippen molar-refractivity contribution in [2.45, 2.75) is 0 Å². The zero-order valence-corrected chi connectivity index (χ0v) is 13.1. The molecule has 0 saturated carbocycles. The number of hydrogen-bond donors (Lipinski definition) is 0. The average molecular weight is 310 g/mol. The van der Waals surface area contributed by atoms with Crippen molar-refractivity contribution in [3.63, 3.8) is 0 Å². The number of benzene rings is 2. The zero-order valence-electron chi connectivity index (χ0n) is 13.1. The van der Waals surface area contributed by atoms with Gasteiger partial charge in [-0.3, -0.25) is 4.98 Å². The highest BCUT2D eigenvalue weighted by Gasteiger charge is 2.17. The summed E-state index contributed by atoms with van der Waals surface area (Å²) < 4.78 is 5.99. The van der Waals surface area contributed by atoms with Gasteiger partial charge in [-0.2, -0.15) is 5.26 Å². The van der Waals surface area contributed by atoms with Crippen LogP contribution in [0, 0.1) is 11.3 Å². The predicted molar refractivity (Wildman–Crippen MR) is 103 cm³/mol. The van der Waals surface area contributed by atoms with Crippen molar-refractivity contribution >= 4 is 75.3 Å². The molecule has 0 fully saturated rings. The Morgan fingerprint density at radius 1 is 0.840 bits per heavy atom. The summed E-state index contributed by atoms with van der Waals surface area (Å²) in [6.07, 6.45) is 0. The van der Waals surface area contributed by atoms with Gasteiger partial charge in [0.2, 0.25) is 0 Å². The second-order valence-corrected chi connectivity index (χ2v) is 5.67. The smallest absolute Gasteiger partial charge is 0.153 e. The van der Waals surface area contributed by atoms with E-state index in [-0.39, 0.29) is 22.0 Å². The second-order valence-electron chi connectivity index (χ2n) is 5.67. The van der Waals surface area contributed by atoms with Gasteiger partial charge in [0.1, 0.15) is 43.0 Å². The number of nitrogens with zero attached hydrogens (tertiary/aromatic N) is 2. The molecule has 0 saturated heterocycles. The number of para-hydroxylation sites is 2. The van der Waals surface area contributed by atoms with Crippen LogP contribution in [-0.4, -0.2) is 36.4 Å². The van der Waals surface area contributed by atoms with Crippen LogP contribution in [0.5, 0.6) is 0 Å². The Hall–Kier alpha value is -2.86. The summed E-state index contributed by atoms with van der Waals surface area (Å²) in [5.74, 6) is 0. The van der Waals surface area contributed by atoms with Crippen LogP contribution >= 0.6 is 0 Å². The van der Waals surface area contributed by atoms with Crippen LogP contribution in [0.1, 0.15) is 5.56 Å². The summed E-state index contributed by atoms with van der Waals surface area (Å²) in [7, 11) is 23.7. The van der Waals surface area contributed by atoms with E-state index < -0.39 is 0 Å². The molecule has 2 aromatic heterocycles. The third kappa shape index (κ3) is 2.21. The molecule has 106 valence electrons. The first-order valence-corrected chi connectivity index (χ1v) is 7.47. The maximum absolute atomic E-state index is 9.31. The molecule has 0 spiro atoms. The fourth-order valence-electron chi connectivity index (χ4n) is 2.95. The van der Waals surface area contributed by atoms with Crippen LogP contribution < -0.4 is 22.0 Å². The van der Waals surface area contributed by atoms with Gasteiger partial charge in [0.25, 0.3) is 0 Å². The molecule has 4 rings (SSSR count). The zero-order chi connectivity index (χ0) is 17.7. The number of rotatable bonds is 1. The molecule has 0 aliphatic carbocycles. The Balaban J connectivity index is 2.13. The van der Waals surface area contributed by atoms with Crippen molar-refractivity contribution in [3.8, 4) is 17.3 Å². The lowest BCUT2D eigenvalue weighted by Crippen LogP contribution is -2.49. The van der Waals surface area contributed by atoms with E-state index in [0.717, 1.165) is 10.8 Å². The van der Waals surface area contributed by atoms with Crippen LogP contribution in [0.3, 0.4) is 0 Å². The lowest BCUT2D eigenvalue weighted by molar-refractivity contribution is 0.668. The van der Waals surface area contributed by atoms with Gasteiger partial charge in [-0.15, -0.1) is 5.46 Å². The van der Waals surface area contributed by atoms with Gasteiger partial charge >= 0.3 is 0 Å². The topological polar surface area (TPSA) is 49.8 Å². The SMILES string of the molecule is [B]c1nc(-c2cccc3c2oc2c(C#N)cccc23)c([B])c([B])c1[B]. The van der Waals surface area contributed by atoms with E-state index in [4.69, 9.17) is 35.8 Å². The van der Waals surface area contributed by atoms with E-state index in [1.165, 1.54) is 0 Å². The quantitative estimate of drug-likeness (QED) is 0.454. The number of furan rings is 1. The molecule has 8 radical (unpaired) electrons. The van der Waals surface area contributed by atoms with Crippen LogP contribution in [0.25, 0.3) is 33.2 Å². The molecule has 0 N–H and O–H groups in total. The van der Waals surface area contributed by atoms with Gasteiger partial charge in [-0.05, 0) is 17.7 Å². The van der Waals surface area contributed by atoms with E-state index in [1.54, 1.807) is 6.07 Å². The lowest BCUT2D eigenvalue weighted by Gasteiger charge is -2.15. The molecule has 2 aromatic carbocycles. The van der Waals surface area contributed by atoms with Crippen molar-refractivity contribution in [2.75, 3.05) is 0 Å². The van der Waals surface area contributed by atoms with Crippen molar-refractivity contribution in [1.29, 1.82) is 5.26 Å². The summed E-state index contributed by atoms with van der Waals surface area (Å²) >= 11 is 0. The molecular formula is C18H6B4N2O. The van der Waals surface area contributed by atoms with E-state index >= 15 is 0 Å². The Morgan fingerprint density at radius 3 is 2.24 bits per heavy atom. The minimum absolute atomic E-state index is 0.104. The fraction of sp³-hybridized carbons (Fsp3) is 0. The van der Waals surface area contributed by atoms with E-state index in [2.05, 4.69) is 11.1 Å². The maximum Gasteiger partial charge on any atom is 0.153 e. The van der Waals surface area contributed by atoms with Crippen molar-refractivity contribution in [3.05, 3.63) is 42.0 Å². The molecule has 7 heteroatoms. The van der Waals surface area contributed by atoms with Gasteiger partial charge in [0.05, 0.1) is 11.3 Å². The third-order valence-corrected chi connectivity index (χ3v) is 4.24. The van der Waals surface area contributed by atoms with Crippen molar-refractivity contribution in [2.24, 2.45) is 0 Å². The summed E-state index contributed by atoms with van der Waals surface area (Å²) in [5.41, 5.74) is 3.24. The number of pyridine rings is 1. The molecule has 3 nitrogen and oxygen atoms in total. The minimum Gasteiger partial charge on any atom is -0.454 e. The van der Waals surface area contributed by atoms with Gasteiger partial charge in [0, 0.05) is 16.3 Å². The largest absolute Gasteiger partial charge is 0.454 e. The van der Waals surface area contributed by atoms with Gasteiger partial charge < -0.3 is 4.42 Å². The summed E-state index contributed by atoms with van der Waals surface area (Å²) in [4.78, 5) is 4.29. The second kappa shape index (κ2) is 5.60. The first-order chi connectivity index (χ1) is 12.0. The highest BCUT2D eigenvalue weighted by molar-refractivity contribution is 6.62. The van der Waals surface area contributed by atoms with E-state index in [9.17, 15) is 5.26 Å². The molecule has 0 atom stereocenters. The molecular weight excluding hydrogens is 303 g/mol. The summed E-state index contributed by atoms with van der Waals surface area (Å²) in [5, 5.41) is 11.0. The Morgan fingerprint density at radius 2 is 1.52 bits per heavy atom. The average Bonchev–Trinajstić information content (AvgIpc) is 3.02. The van der Waals surface area contributed by atoms with Crippen LogP contribution in [0.15, 0.2) is 40.8 Å². The number of nitriles is 1. The highest BCUT2D eigenvalue weighted by atomic mass is 16.3. The summed E-state index contributed by atoms with van der Waals surface area (Å²) in [6.45, 7) is 0. The summed E-state index contributed by atoms with van der Waals surface area (Å²) in [6, 6.07) is 13.1. The van der Waals surface area contributed by atoms with Crippen LogP contribution in [0.4, 0.5) is 0 Å². The monoisotopic (exact) mass is 310 g/mol. The fourth-order valence-corrected chi connectivity index (χ4v) is 2.95. The number of aromatic nitrogens is 1. The van der Waals surface area contributed by atoms with E-state index in [1.807, 2.05) is 30.3 Å². The van der Waals surface area contributed by atoms with E-state index in [0.29, 0.717) is 28.0 Å². The minimum atomic E-state index is 0.104. The molecule has 0 bridgehead atoms. The van der Waals surface area contributed by atoms with Crippen molar-refractivity contribution in [1.82, 2.24) is 4.98 Å². The van der Waals surface area contributed by atoms with Crippen LogP contribution in [-0.2, 0) is 0 Å². The van der Waals surface area contributed by atoms with Gasteiger partial charge in [-0.1, -0.05) is 35.2 Å².